The number of hydrogen-bond acceptors (Lipinski definition) is 3. The highest BCUT2D eigenvalue weighted by Gasteiger charge is 2.31. The summed E-state index contributed by atoms with van der Waals surface area (Å²) in [7, 11) is 0. The number of benzene rings is 1. The van der Waals surface area contributed by atoms with Gasteiger partial charge >= 0.3 is 12.3 Å². The Morgan fingerprint density at radius 2 is 1.85 bits per heavy atom. The van der Waals surface area contributed by atoms with Crippen LogP contribution < -0.4 is 5.32 Å². The molecule has 7 heteroatoms. The molecule has 1 rings (SSSR count). The molecule has 0 radical (unpaired) electrons. The zero-order valence-electron chi connectivity index (χ0n) is 11.2. The van der Waals surface area contributed by atoms with Crippen LogP contribution in [0.25, 0.3) is 0 Å². The molecule has 1 aromatic rings. The molecule has 0 spiro atoms. The number of carbonyl (C=O) groups is 2. The van der Waals surface area contributed by atoms with E-state index in [0.717, 1.165) is 12.1 Å². The Morgan fingerprint density at radius 1 is 1.25 bits per heavy atom. The summed E-state index contributed by atoms with van der Waals surface area (Å²) in [5.41, 5.74) is -2.07. The van der Waals surface area contributed by atoms with Crippen LogP contribution in [-0.4, -0.2) is 18.0 Å². The van der Waals surface area contributed by atoms with E-state index in [1.807, 2.05) is 0 Å². The average molecular weight is 289 g/mol. The third-order valence-corrected chi connectivity index (χ3v) is 2.14. The van der Waals surface area contributed by atoms with Gasteiger partial charge in [0.05, 0.1) is 11.3 Å². The summed E-state index contributed by atoms with van der Waals surface area (Å²) in [6.45, 7) is 4.83. The average Bonchev–Trinajstić information content (AvgIpc) is 2.24. The molecule has 4 nitrogen and oxygen atoms in total. The quantitative estimate of drug-likeness (QED) is 0.841. The van der Waals surface area contributed by atoms with Gasteiger partial charge in [0.25, 0.3) is 0 Å². The fourth-order valence-corrected chi connectivity index (χ4v) is 1.36. The van der Waals surface area contributed by atoms with Crippen molar-refractivity contribution in [2.45, 2.75) is 32.5 Å². The highest BCUT2D eigenvalue weighted by molar-refractivity contribution is 5.93. The molecule has 0 aliphatic rings. The van der Waals surface area contributed by atoms with E-state index in [2.05, 4.69) is 5.32 Å². The fraction of sp³-hybridized carbons (Fsp3) is 0.385. The van der Waals surface area contributed by atoms with Crippen LogP contribution in [0.3, 0.4) is 0 Å². The molecule has 0 aromatic heterocycles. The van der Waals surface area contributed by atoms with Gasteiger partial charge in [0.2, 0.25) is 0 Å². The Bertz CT molecular complexity index is 519. The molecule has 110 valence electrons. The van der Waals surface area contributed by atoms with Crippen LogP contribution in [0, 0.1) is 0 Å². The molecule has 0 fully saturated rings. The number of amides is 1. The van der Waals surface area contributed by atoms with Gasteiger partial charge in [-0.15, -0.1) is 0 Å². The highest BCUT2D eigenvalue weighted by atomic mass is 19.4. The number of hydrogen-bond donors (Lipinski definition) is 1. The van der Waals surface area contributed by atoms with E-state index in [-0.39, 0.29) is 11.3 Å². The molecule has 0 saturated heterocycles. The van der Waals surface area contributed by atoms with E-state index in [9.17, 15) is 22.8 Å². The second-order valence-electron chi connectivity index (χ2n) is 5.04. The van der Waals surface area contributed by atoms with Crippen LogP contribution in [0.5, 0.6) is 0 Å². The van der Waals surface area contributed by atoms with Gasteiger partial charge in [0.15, 0.2) is 6.29 Å². The van der Waals surface area contributed by atoms with Gasteiger partial charge < -0.3 is 4.74 Å². The number of rotatable bonds is 2. The highest BCUT2D eigenvalue weighted by Crippen LogP contribution is 2.32. The van der Waals surface area contributed by atoms with Crippen LogP contribution in [0.4, 0.5) is 23.7 Å². The van der Waals surface area contributed by atoms with Crippen molar-refractivity contribution < 1.29 is 27.5 Å². The molecule has 0 atom stereocenters. The summed E-state index contributed by atoms with van der Waals surface area (Å²) < 4.78 is 42.7. The maximum atomic E-state index is 12.6. The summed E-state index contributed by atoms with van der Waals surface area (Å²) in [5, 5.41) is 2.14. The summed E-state index contributed by atoms with van der Waals surface area (Å²) in [6, 6.07) is 2.44. The van der Waals surface area contributed by atoms with Gasteiger partial charge in [-0.25, -0.2) is 4.79 Å². The molecule has 20 heavy (non-hydrogen) atoms. The Hall–Kier alpha value is -2.05. The van der Waals surface area contributed by atoms with Crippen molar-refractivity contribution in [2.24, 2.45) is 0 Å². The molecule has 0 bridgehead atoms. The summed E-state index contributed by atoms with van der Waals surface area (Å²) in [6.07, 6.45) is -5.14. The summed E-state index contributed by atoms with van der Waals surface area (Å²) in [5.74, 6) is 0. The first-order valence-electron chi connectivity index (χ1n) is 5.69. The second kappa shape index (κ2) is 5.52. The molecule has 0 saturated carbocycles. The van der Waals surface area contributed by atoms with Crippen molar-refractivity contribution in [2.75, 3.05) is 5.32 Å². The Morgan fingerprint density at radius 3 is 2.30 bits per heavy atom. The van der Waals surface area contributed by atoms with Crippen LogP contribution >= 0.6 is 0 Å². The fourth-order valence-electron chi connectivity index (χ4n) is 1.36. The van der Waals surface area contributed by atoms with E-state index in [4.69, 9.17) is 4.74 Å². The molecule has 0 aliphatic carbocycles. The Kier molecular flexibility index (Phi) is 4.42. The van der Waals surface area contributed by atoms with Gasteiger partial charge in [0, 0.05) is 5.56 Å². The molecular formula is C13H14F3NO3. The minimum absolute atomic E-state index is 0.0659. The van der Waals surface area contributed by atoms with Gasteiger partial charge in [0.1, 0.15) is 5.60 Å². The SMILES string of the molecule is CC(C)(C)OC(=O)Nc1cc(C(F)(F)F)ccc1C=O. The van der Waals surface area contributed by atoms with Crippen molar-refractivity contribution in [3.63, 3.8) is 0 Å². The zero-order chi connectivity index (χ0) is 15.6. The predicted octanol–water partition coefficient (Wildman–Crippen LogP) is 3.86. The third kappa shape index (κ3) is 4.56. The van der Waals surface area contributed by atoms with Gasteiger partial charge in [-0.2, -0.15) is 13.2 Å². The summed E-state index contributed by atoms with van der Waals surface area (Å²) >= 11 is 0. The molecule has 1 N–H and O–H groups in total. The van der Waals surface area contributed by atoms with E-state index in [0.29, 0.717) is 12.4 Å². The molecule has 1 amide bonds. The smallest absolute Gasteiger partial charge is 0.416 e. The van der Waals surface area contributed by atoms with Crippen LogP contribution in [0.2, 0.25) is 0 Å². The van der Waals surface area contributed by atoms with Crippen molar-refractivity contribution in [1.29, 1.82) is 0 Å². The van der Waals surface area contributed by atoms with E-state index < -0.39 is 23.4 Å². The summed E-state index contributed by atoms with van der Waals surface area (Å²) in [4.78, 5) is 22.3. The third-order valence-electron chi connectivity index (χ3n) is 2.14. The Balaban J connectivity index is 3.03. The number of aldehydes is 1. The van der Waals surface area contributed by atoms with Crippen LogP contribution in [-0.2, 0) is 10.9 Å². The van der Waals surface area contributed by atoms with Crippen molar-refractivity contribution in [3.8, 4) is 0 Å². The number of alkyl halides is 3. The molecule has 0 unspecified atom stereocenters. The van der Waals surface area contributed by atoms with Gasteiger partial charge in [-0.3, -0.25) is 10.1 Å². The maximum absolute atomic E-state index is 12.6. The lowest BCUT2D eigenvalue weighted by Crippen LogP contribution is -2.27. The molecule has 1 aromatic carbocycles. The topological polar surface area (TPSA) is 55.4 Å². The monoisotopic (exact) mass is 289 g/mol. The van der Waals surface area contributed by atoms with Crippen LogP contribution in [0.15, 0.2) is 18.2 Å². The number of carbonyl (C=O) groups excluding carboxylic acids is 2. The minimum atomic E-state index is -4.56. The van der Waals surface area contributed by atoms with E-state index in [1.165, 1.54) is 0 Å². The number of anilines is 1. The first-order chi connectivity index (χ1) is 9.03. The van der Waals surface area contributed by atoms with Crippen molar-refractivity contribution >= 4 is 18.1 Å². The number of halogens is 3. The first kappa shape index (κ1) is 16.0. The molecular weight excluding hydrogens is 275 g/mol. The normalized spacial score (nSPS) is 11.9. The molecule has 0 heterocycles. The predicted molar refractivity (Wildman–Crippen MR) is 66.7 cm³/mol. The number of ether oxygens (including phenoxy) is 1. The van der Waals surface area contributed by atoms with Gasteiger partial charge in [-0.1, -0.05) is 0 Å². The Labute approximate surface area is 113 Å². The number of nitrogens with one attached hydrogen (secondary N) is 1. The standard InChI is InChI=1S/C13H14F3NO3/c1-12(2,3)20-11(19)17-10-6-9(13(14,15)16)5-4-8(10)7-18/h4-7H,1-3H3,(H,17,19). The zero-order valence-corrected chi connectivity index (χ0v) is 11.2. The second-order valence-corrected chi connectivity index (χ2v) is 5.04. The van der Waals surface area contributed by atoms with Gasteiger partial charge in [-0.05, 0) is 39.0 Å². The lowest BCUT2D eigenvalue weighted by Gasteiger charge is -2.20. The van der Waals surface area contributed by atoms with Crippen molar-refractivity contribution in [3.05, 3.63) is 29.3 Å². The van der Waals surface area contributed by atoms with E-state index >= 15 is 0 Å². The van der Waals surface area contributed by atoms with Crippen molar-refractivity contribution in [1.82, 2.24) is 0 Å². The lowest BCUT2D eigenvalue weighted by atomic mass is 10.1. The van der Waals surface area contributed by atoms with E-state index in [1.54, 1.807) is 20.8 Å². The lowest BCUT2D eigenvalue weighted by molar-refractivity contribution is -0.137. The largest absolute Gasteiger partial charge is 0.444 e. The molecule has 0 aliphatic heterocycles. The maximum Gasteiger partial charge on any atom is 0.416 e. The first-order valence-corrected chi connectivity index (χ1v) is 5.69. The minimum Gasteiger partial charge on any atom is -0.444 e. The van der Waals surface area contributed by atoms with Crippen LogP contribution in [0.1, 0.15) is 36.7 Å².